The number of hydrogen-bond acceptors (Lipinski definition) is 6. The molecule has 172 valence electrons. The van der Waals surface area contributed by atoms with Crippen LogP contribution < -0.4 is 10.6 Å². The van der Waals surface area contributed by atoms with Gasteiger partial charge in [0.25, 0.3) is 0 Å². The van der Waals surface area contributed by atoms with Gasteiger partial charge in [0.15, 0.2) is 5.96 Å². The molecule has 0 amide bonds. The van der Waals surface area contributed by atoms with Crippen LogP contribution in [-0.4, -0.2) is 85.6 Å². The molecule has 0 aromatic carbocycles. The van der Waals surface area contributed by atoms with E-state index in [9.17, 15) is 0 Å². The van der Waals surface area contributed by atoms with Crippen LogP contribution >= 0.6 is 11.3 Å². The van der Waals surface area contributed by atoms with Gasteiger partial charge in [0, 0.05) is 54.7 Å². The number of guanidine groups is 1. The summed E-state index contributed by atoms with van der Waals surface area (Å²) in [5.74, 6) is 0.852. The van der Waals surface area contributed by atoms with Crippen molar-refractivity contribution in [1.82, 2.24) is 30.2 Å². The molecule has 0 saturated carbocycles. The van der Waals surface area contributed by atoms with Gasteiger partial charge in [0.2, 0.25) is 0 Å². The molecule has 2 N–H and O–H groups in total. The predicted molar refractivity (Wildman–Crippen MR) is 128 cm³/mol. The number of rotatable bonds is 9. The summed E-state index contributed by atoms with van der Waals surface area (Å²) in [4.78, 5) is 12.4. The van der Waals surface area contributed by atoms with E-state index in [1.165, 1.54) is 15.3 Å². The second-order valence-corrected chi connectivity index (χ2v) is 9.46. The van der Waals surface area contributed by atoms with E-state index < -0.39 is 0 Å². The second-order valence-electron chi connectivity index (χ2n) is 8.14. The Hall–Kier alpha value is -1.94. The molecule has 0 aliphatic carbocycles. The van der Waals surface area contributed by atoms with E-state index in [0.29, 0.717) is 0 Å². The maximum Gasteiger partial charge on any atom is 0.191 e. The van der Waals surface area contributed by atoms with Crippen LogP contribution in [0, 0.1) is 6.92 Å². The van der Waals surface area contributed by atoms with Crippen LogP contribution in [0.2, 0.25) is 0 Å². The van der Waals surface area contributed by atoms with E-state index in [1.807, 2.05) is 29.3 Å². The first kappa shape index (κ1) is 23.7. The number of ether oxygens (including phenoxy) is 1. The van der Waals surface area contributed by atoms with Crippen molar-refractivity contribution < 1.29 is 4.74 Å². The molecule has 3 heterocycles. The molecular weight excluding hydrogens is 410 g/mol. The lowest BCUT2D eigenvalue weighted by atomic mass is 10.1. The van der Waals surface area contributed by atoms with Gasteiger partial charge in [0.05, 0.1) is 38.0 Å². The largest absolute Gasteiger partial charge is 0.379 e. The summed E-state index contributed by atoms with van der Waals surface area (Å²) in [5.41, 5.74) is 1.19. The van der Waals surface area contributed by atoms with Crippen LogP contribution in [0.25, 0.3) is 0 Å². The maximum absolute atomic E-state index is 5.58. The number of aryl methyl sites for hydroxylation is 2. The fourth-order valence-corrected chi connectivity index (χ4v) is 4.83. The molecule has 2 aromatic rings. The zero-order valence-electron chi connectivity index (χ0n) is 19.5. The number of nitrogens with one attached hydrogen (secondary N) is 2. The Morgan fingerprint density at radius 3 is 2.65 bits per heavy atom. The van der Waals surface area contributed by atoms with Crippen LogP contribution in [0.15, 0.2) is 29.5 Å². The van der Waals surface area contributed by atoms with Gasteiger partial charge in [-0.15, -0.1) is 11.3 Å². The highest BCUT2D eigenvalue weighted by atomic mass is 32.1. The smallest absolute Gasteiger partial charge is 0.191 e. The molecule has 9 heteroatoms. The van der Waals surface area contributed by atoms with Crippen LogP contribution in [0.5, 0.6) is 0 Å². The Labute approximate surface area is 190 Å². The van der Waals surface area contributed by atoms with Gasteiger partial charge >= 0.3 is 0 Å². The van der Waals surface area contributed by atoms with E-state index in [4.69, 9.17) is 9.73 Å². The van der Waals surface area contributed by atoms with Crippen molar-refractivity contribution in [3.63, 3.8) is 0 Å². The molecule has 3 rings (SSSR count). The van der Waals surface area contributed by atoms with E-state index in [0.717, 1.165) is 51.9 Å². The van der Waals surface area contributed by atoms with E-state index in [1.54, 1.807) is 0 Å². The predicted octanol–water partition coefficient (Wildman–Crippen LogP) is 2.02. The first-order chi connectivity index (χ1) is 15.0. The zero-order valence-corrected chi connectivity index (χ0v) is 20.3. The van der Waals surface area contributed by atoms with Crippen molar-refractivity contribution in [3.8, 4) is 0 Å². The van der Waals surface area contributed by atoms with Gasteiger partial charge in [-0.1, -0.05) is 0 Å². The molecule has 1 aliphatic rings. The van der Waals surface area contributed by atoms with Gasteiger partial charge in [-0.3, -0.25) is 14.6 Å². The normalized spacial score (nSPS) is 17.7. The van der Waals surface area contributed by atoms with Crippen molar-refractivity contribution in [2.45, 2.75) is 25.9 Å². The molecule has 0 radical (unpaired) electrons. The van der Waals surface area contributed by atoms with E-state index in [-0.39, 0.29) is 12.1 Å². The average Bonchev–Trinajstić information content (AvgIpc) is 3.37. The summed E-state index contributed by atoms with van der Waals surface area (Å²) in [7, 11) is 6.14. The molecule has 2 aromatic heterocycles. The third-order valence-electron chi connectivity index (χ3n) is 5.54. The molecule has 1 saturated heterocycles. The molecule has 1 aliphatic heterocycles. The Kier molecular flexibility index (Phi) is 8.89. The highest BCUT2D eigenvalue weighted by Crippen LogP contribution is 2.28. The molecular formula is C22H37N7OS. The minimum absolute atomic E-state index is 0.215. The van der Waals surface area contributed by atoms with Crippen molar-refractivity contribution in [3.05, 3.63) is 39.8 Å². The first-order valence-electron chi connectivity index (χ1n) is 11.0. The van der Waals surface area contributed by atoms with Crippen molar-refractivity contribution in [2.24, 2.45) is 12.0 Å². The zero-order chi connectivity index (χ0) is 22.2. The molecule has 2 atom stereocenters. The van der Waals surface area contributed by atoms with Crippen LogP contribution in [0.1, 0.15) is 34.3 Å². The van der Waals surface area contributed by atoms with Crippen molar-refractivity contribution in [1.29, 1.82) is 0 Å². The number of morpholine rings is 1. The van der Waals surface area contributed by atoms with Crippen LogP contribution in [-0.2, 0) is 11.8 Å². The summed E-state index contributed by atoms with van der Waals surface area (Å²) >= 11 is 1.87. The average molecular weight is 448 g/mol. The van der Waals surface area contributed by atoms with Gasteiger partial charge in [0.1, 0.15) is 0 Å². The van der Waals surface area contributed by atoms with Crippen LogP contribution in [0.3, 0.4) is 0 Å². The Balaban J connectivity index is 1.71. The number of aromatic nitrogens is 2. The summed E-state index contributed by atoms with van der Waals surface area (Å²) < 4.78 is 7.42. The van der Waals surface area contributed by atoms with Gasteiger partial charge < -0.3 is 20.3 Å². The fourth-order valence-electron chi connectivity index (χ4n) is 3.83. The number of aliphatic imine (C=N–C) groups is 1. The third kappa shape index (κ3) is 6.77. The van der Waals surface area contributed by atoms with Gasteiger partial charge in [-0.05, 0) is 40.1 Å². The highest BCUT2D eigenvalue weighted by molar-refractivity contribution is 7.12. The lowest BCUT2D eigenvalue weighted by molar-refractivity contribution is 0.0186. The number of hydrogen-bond donors (Lipinski definition) is 2. The molecule has 8 nitrogen and oxygen atoms in total. The standard InChI is InChI=1S/C22H37N7OS/c1-6-23-22(24-14-19(27(3)4)18-13-26-28(5)16-18)25-15-20(21-8-7-17(2)31-21)29-9-11-30-12-10-29/h7-8,13,16,19-20H,6,9-12,14-15H2,1-5H3,(H2,23,24,25). The first-order valence-corrected chi connectivity index (χ1v) is 11.8. The van der Waals surface area contributed by atoms with E-state index >= 15 is 0 Å². The lowest BCUT2D eigenvalue weighted by Gasteiger charge is -2.33. The minimum Gasteiger partial charge on any atom is -0.379 e. The number of nitrogens with zero attached hydrogens (tertiary/aromatic N) is 5. The maximum atomic E-state index is 5.58. The van der Waals surface area contributed by atoms with Crippen molar-refractivity contribution in [2.75, 3.05) is 60.0 Å². The Morgan fingerprint density at radius 1 is 1.29 bits per heavy atom. The Bertz CT molecular complexity index is 825. The summed E-state index contributed by atoms with van der Waals surface area (Å²) in [6, 6.07) is 4.95. The molecule has 1 fully saturated rings. The Morgan fingerprint density at radius 2 is 2.06 bits per heavy atom. The van der Waals surface area contributed by atoms with Crippen LogP contribution in [0.4, 0.5) is 0 Å². The SMILES string of the molecule is CCNC(=NCC(c1ccc(C)s1)N1CCOCC1)NCC(c1cnn(C)c1)N(C)C. The van der Waals surface area contributed by atoms with E-state index in [2.05, 4.69) is 71.8 Å². The molecule has 31 heavy (non-hydrogen) atoms. The third-order valence-corrected chi connectivity index (χ3v) is 6.64. The topological polar surface area (TPSA) is 70.0 Å². The summed E-state index contributed by atoms with van der Waals surface area (Å²) in [6.45, 7) is 10.0. The molecule has 0 bridgehead atoms. The van der Waals surface area contributed by atoms with Gasteiger partial charge in [-0.25, -0.2) is 0 Å². The number of thiophene rings is 1. The summed E-state index contributed by atoms with van der Waals surface area (Å²) in [6.07, 6.45) is 4.01. The number of likely N-dealkylation sites (N-methyl/N-ethyl adjacent to an activating group) is 1. The fraction of sp³-hybridized carbons (Fsp3) is 0.636. The minimum atomic E-state index is 0.215. The van der Waals surface area contributed by atoms with Crippen molar-refractivity contribution >= 4 is 17.3 Å². The van der Waals surface area contributed by atoms with Gasteiger partial charge in [-0.2, -0.15) is 5.10 Å². The monoisotopic (exact) mass is 447 g/mol. The quantitative estimate of drug-likeness (QED) is 0.453. The highest BCUT2D eigenvalue weighted by Gasteiger charge is 2.24. The lowest BCUT2D eigenvalue weighted by Crippen LogP contribution is -2.43. The second kappa shape index (κ2) is 11.6. The molecule has 0 spiro atoms. The molecule has 2 unspecified atom stereocenters. The summed E-state index contributed by atoms with van der Waals surface area (Å²) in [5, 5.41) is 11.3.